The quantitative estimate of drug-likeness (QED) is 0.533. The van der Waals surface area contributed by atoms with Crippen LogP contribution in [0.1, 0.15) is 31.4 Å². The molecule has 14 heavy (non-hydrogen) atoms. The number of nitrogens with one attached hydrogen (secondary N) is 2. The van der Waals surface area contributed by atoms with Gasteiger partial charge in [0.05, 0.1) is 0 Å². The topological polar surface area (TPSA) is 24.1 Å². The molecule has 0 atom stereocenters. The van der Waals surface area contributed by atoms with E-state index in [1.54, 1.807) is 0 Å². The summed E-state index contributed by atoms with van der Waals surface area (Å²) < 4.78 is 0. The third kappa shape index (κ3) is 3.90. The van der Waals surface area contributed by atoms with Gasteiger partial charge >= 0.3 is 0 Å². The lowest BCUT2D eigenvalue weighted by Gasteiger charge is -2.06. The summed E-state index contributed by atoms with van der Waals surface area (Å²) >= 11 is 0. The lowest BCUT2D eigenvalue weighted by atomic mass is 10.1. The largest absolute Gasteiger partial charge is 0.258 e. The molecule has 0 aliphatic carbocycles. The number of hydrazine groups is 1. The van der Waals surface area contributed by atoms with Gasteiger partial charge in [0.1, 0.15) is 0 Å². The predicted molar refractivity (Wildman–Crippen MR) is 61.0 cm³/mol. The van der Waals surface area contributed by atoms with Gasteiger partial charge in [0.25, 0.3) is 0 Å². The second-order valence-corrected chi connectivity index (χ2v) is 3.45. The van der Waals surface area contributed by atoms with Crippen molar-refractivity contribution >= 4 is 0 Å². The van der Waals surface area contributed by atoms with Gasteiger partial charge in [0.15, 0.2) is 0 Å². The van der Waals surface area contributed by atoms with Crippen LogP contribution in [-0.4, -0.2) is 6.54 Å². The third-order valence-corrected chi connectivity index (χ3v) is 2.22. The molecule has 2 nitrogen and oxygen atoms in total. The van der Waals surface area contributed by atoms with Crippen molar-refractivity contribution in [1.82, 2.24) is 10.9 Å². The maximum atomic E-state index is 3.19. The summed E-state index contributed by atoms with van der Waals surface area (Å²) in [4.78, 5) is 0. The number of benzene rings is 1. The Hall–Kier alpha value is -0.860. The first kappa shape index (κ1) is 11.2. The summed E-state index contributed by atoms with van der Waals surface area (Å²) in [5, 5.41) is 0. The molecule has 1 aromatic carbocycles. The molecule has 0 aliphatic rings. The minimum absolute atomic E-state index is 0.893. The average molecular weight is 192 g/mol. The molecule has 0 fully saturated rings. The van der Waals surface area contributed by atoms with Crippen LogP contribution in [0.2, 0.25) is 0 Å². The molecular formula is C12H20N2. The number of aryl methyl sites for hydroxylation is 1. The second-order valence-electron chi connectivity index (χ2n) is 3.45. The summed E-state index contributed by atoms with van der Waals surface area (Å²) in [6, 6.07) is 8.74. The maximum Gasteiger partial charge on any atom is 0.0351 e. The molecule has 1 aromatic rings. The van der Waals surface area contributed by atoms with Crippen LogP contribution in [0.15, 0.2) is 24.3 Å². The van der Waals surface area contributed by atoms with E-state index in [4.69, 9.17) is 0 Å². The van der Waals surface area contributed by atoms with E-state index >= 15 is 0 Å². The monoisotopic (exact) mass is 192 g/mol. The highest BCUT2D eigenvalue weighted by Crippen LogP contribution is 2.04. The van der Waals surface area contributed by atoms with E-state index < -0.39 is 0 Å². The summed E-state index contributed by atoms with van der Waals surface area (Å²) in [6.07, 6.45) is 2.27. The van der Waals surface area contributed by atoms with Gasteiger partial charge < -0.3 is 0 Å². The van der Waals surface area contributed by atoms with Gasteiger partial charge in [-0.05, 0) is 24.0 Å². The molecule has 0 amide bonds. The van der Waals surface area contributed by atoms with Gasteiger partial charge in [-0.2, -0.15) is 0 Å². The Labute approximate surface area is 86.7 Å². The molecule has 0 aliphatic heterocycles. The van der Waals surface area contributed by atoms with Crippen LogP contribution in [-0.2, 0) is 13.0 Å². The molecule has 78 valence electrons. The van der Waals surface area contributed by atoms with Crippen molar-refractivity contribution in [2.24, 2.45) is 0 Å². The van der Waals surface area contributed by atoms with Gasteiger partial charge in [-0.25, -0.2) is 0 Å². The minimum Gasteiger partial charge on any atom is -0.258 e. The van der Waals surface area contributed by atoms with E-state index in [1.165, 1.54) is 11.1 Å². The highest BCUT2D eigenvalue weighted by Gasteiger charge is 1.92. The van der Waals surface area contributed by atoms with Crippen molar-refractivity contribution in [3.05, 3.63) is 35.4 Å². The standard InChI is InChI=1S/C12H20N2/c1-3-9-13-14-10-12-7-5-11(4-2)6-8-12/h5-8,13-14H,3-4,9-10H2,1-2H3. The Balaban J connectivity index is 2.29. The summed E-state index contributed by atoms with van der Waals surface area (Å²) in [7, 11) is 0. The van der Waals surface area contributed by atoms with Crippen LogP contribution in [0.5, 0.6) is 0 Å². The summed E-state index contributed by atoms with van der Waals surface area (Å²) in [5.41, 5.74) is 9.08. The highest BCUT2D eigenvalue weighted by molar-refractivity contribution is 5.22. The van der Waals surface area contributed by atoms with Crippen LogP contribution in [0.3, 0.4) is 0 Å². The zero-order valence-corrected chi connectivity index (χ0v) is 9.14. The fourth-order valence-corrected chi connectivity index (χ4v) is 1.27. The molecule has 0 saturated carbocycles. The fourth-order valence-electron chi connectivity index (χ4n) is 1.27. The Kier molecular flexibility index (Phi) is 5.27. The first-order valence-electron chi connectivity index (χ1n) is 5.40. The van der Waals surface area contributed by atoms with E-state index in [0.29, 0.717) is 0 Å². The number of rotatable bonds is 6. The van der Waals surface area contributed by atoms with Crippen LogP contribution >= 0.6 is 0 Å². The van der Waals surface area contributed by atoms with Gasteiger partial charge in [0, 0.05) is 13.1 Å². The zero-order valence-electron chi connectivity index (χ0n) is 9.14. The summed E-state index contributed by atoms with van der Waals surface area (Å²) in [5.74, 6) is 0. The molecule has 0 spiro atoms. The minimum atomic E-state index is 0.893. The molecule has 0 unspecified atom stereocenters. The first-order valence-corrected chi connectivity index (χ1v) is 5.40. The van der Waals surface area contributed by atoms with Crippen LogP contribution in [0.4, 0.5) is 0 Å². The average Bonchev–Trinajstić information content (AvgIpc) is 2.25. The van der Waals surface area contributed by atoms with Crippen molar-refractivity contribution in [3.63, 3.8) is 0 Å². The Bertz CT molecular complexity index is 241. The first-order chi connectivity index (χ1) is 6.86. The molecule has 1 rings (SSSR count). The molecular weight excluding hydrogens is 172 g/mol. The van der Waals surface area contributed by atoms with E-state index in [-0.39, 0.29) is 0 Å². The second kappa shape index (κ2) is 6.57. The van der Waals surface area contributed by atoms with E-state index in [9.17, 15) is 0 Å². The van der Waals surface area contributed by atoms with Gasteiger partial charge in [-0.3, -0.25) is 10.9 Å². The van der Waals surface area contributed by atoms with E-state index in [0.717, 1.165) is 25.9 Å². The SMILES string of the molecule is CCCNNCc1ccc(CC)cc1. The Morgan fingerprint density at radius 2 is 1.57 bits per heavy atom. The maximum absolute atomic E-state index is 3.19. The van der Waals surface area contributed by atoms with Crippen molar-refractivity contribution in [2.75, 3.05) is 6.54 Å². The highest BCUT2D eigenvalue weighted by atomic mass is 15.3. The van der Waals surface area contributed by atoms with Crippen LogP contribution < -0.4 is 10.9 Å². The van der Waals surface area contributed by atoms with Gasteiger partial charge in [0.2, 0.25) is 0 Å². The zero-order chi connectivity index (χ0) is 10.2. The lowest BCUT2D eigenvalue weighted by Crippen LogP contribution is -2.31. The lowest BCUT2D eigenvalue weighted by molar-refractivity contribution is 0.528. The van der Waals surface area contributed by atoms with Crippen molar-refractivity contribution in [1.29, 1.82) is 0 Å². The number of hydrogen-bond acceptors (Lipinski definition) is 2. The van der Waals surface area contributed by atoms with Crippen LogP contribution in [0.25, 0.3) is 0 Å². The normalized spacial score (nSPS) is 10.4. The van der Waals surface area contributed by atoms with Crippen molar-refractivity contribution < 1.29 is 0 Å². The Morgan fingerprint density at radius 3 is 2.14 bits per heavy atom. The van der Waals surface area contributed by atoms with Gasteiger partial charge in [-0.1, -0.05) is 38.1 Å². The van der Waals surface area contributed by atoms with Crippen molar-refractivity contribution in [2.45, 2.75) is 33.2 Å². The summed E-state index contributed by atoms with van der Waals surface area (Å²) in [6.45, 7) is 6.25. The molecule has 0 saturated heterocycles. The fraction of sp³-hybridized carbons (Fsp3) is 0.500. The van der Waals surface area contributed by atoms with Gasteiger partial charge in [-0.15, -0.1) is 0 Å². The van der Waals surface area contributed by atoms with E-state index in [2.05, 4.69) is 49.0 Å². The molecule has 0 radical (unpaired) electrons. The molecule has 0 aromatic heterocycles. The third-order valence-electron chi connectivity index (χ3n) is 2.22. The molecule has 2 N–H and O–H groups in total. The molecule has 2 heteroatoms. The van der Waals surface area contributed by atoms with E-state index in [1.807, 2.05) is 0 Å². The smallest absolute Gasteiger partial charge is 0.0351 e. The van der Waals surface area contributed by atoms with Crippen LogP contribution in [0, 0.1) is 0 Å². The molecule has 0 heterocycles. The van der Waals surface area contributed by atoms with Crippen molar-refractivity contribution in [3.8, 4) is 0 Å². The number of hydrogen-bond donors (Lipinski definition) is 2. The predicted octanol–water partition coefficient (Wildman–Crippen LogP) is 2.25. The Morgan fingerprint density at radius 1 is 0.929 bits per heavy atom. The molecule has 0 bridgehead atoms.